The zero-order valence-electron chi connectivity index (χ0n) is 17.2. The van der Waals surface area contributed by atoms with Crippen LogP contribution in [0.1, 0.15) is 11.6 Å². The van der Waals surface area contributed by atoms with Crippen LogP contribution in [0.3, 0.4) is 0 Å². The number of benzene rings is 2. The van der Waals surface area contributed by atoms with Gasteiger partial charge in [-0.2, -0.15) is 0 Å². The van der Waals surface area contributed by atoms with Crippen molar-refractivity contribution >= 4 is 29.2 Å². The summed E-state index contributed by atoms with van der Waals surface area (Å²) in [5.41, 5.74) is -2.26. The normalized spacial score (nSPS) is 26.4. The molecule has 4 rings (SSSR count). The molecular formula is C21H19N3O9. The van der Waals surface area contributed by atoms with Gasteiger partial charge in [0.1, 0.15) is 0 Å². The van der Waals surface area contributed by atoms with Gasteiger partial charge < -0.3 is 20.1 Å². The summed E-state index contributed by atoms with van der Waals surface area (Å²) in [4.78, 5) is 50.2. The van der Waals surface area contributed by atoms with E-state index in [0.29, 0.717) is 5.56 Å². The lowest BCUT2D eigenvalue weighted by Gasteiger charge is -2.29. The Labute approximate surface area is 186 Å². The molecule has 2 amide bonds. The summed E-state index contributed by atoms with van der Waals surface area (Å²) in [7, 11) is 1.31. The van der Waals surface area contributed by atoms with Gasteiger partial charge in [-0.05, 0) is 23.8 Å². The van der Waals surface area contributed by atoms with E-state index < -0.39 is 52.7 Å². The number of non-ortho nitro benzene ring substituents is 1. The smallest absolute Gasteiger partial charge is 0.327 e. The fraction of sp³-hybridized carbons (Fsp3) is 0.286. The number of fused-ring (bicyclic) bond motifs is 1. The Balaban J connectivity index is 1.85. The molecule has 12 heteroatoms. The van der Waals surface area contributed by atoms with Gasteiger partial charge in [-0.15, -0.1) is 0 Å². The number of hydrogen-bond donors (Lipinski definition) is 4. The number of nitro groups is 1. The number of ether oxygens (including phenoxy) is 1. The summed E-state index contributed by atoms with van der Waals surface area (Å²) in [6.45, 7) is -0.989. The molecule has 172 valence electrons. The minimum atomic E-state index is -2.18. The van der Waals surface area contributed by atoms with E-state index in [1.165, 1.54) is 43.5 Å². The van der Waals surface area contributed by atoms with Crippen molar-refractivity contribution in [3.05, 3.63) is 58.1 Å². The number of aliphatic hydroxyl groups excluding tert-OH is 1. The maximum Gasteiger partial charge on any atom is 0.327 e. The number of aliphatic hydroxyl groups is 1. The fourth-order valence-corrected chi connectivity index (χ4v) is 4.59. The number of nitrogens with zero attached hydrogens (tertiary/aromatic N) is 2. The van der Waals surface area contributed by atoms with Crippen LogP contribution in [0.25, 0.3) is 0 Å². The van der Waals surface area contributed by atoms with Crippen molar-refractivity contribution in [1.29, 1.82) is 0 Å². The van der Waals surface area contributed by atoms with Gasteiger partial charge in [0.2, 0.25) is 11.8 Å². The van der Waals surface area contributed by atoms with Crippen LogP contribution in [0.2, 0.25) is 0 Å². The number of phenolic OH excluding ortho intramolecular Hbond substituents is 1. The van der Waals surface area contributed by atoms with Gasteiger partial charge in [-0.1, -0.05) is 12.1 Å². The van der Waals surface area contributed by atoms with E-state index in [1.54, 1.807) is 0 Å². The number of carbonyl (C=O) groups excluding carboxylic acids is 2. The highest BCUT2D eigenvalue weighted by Gasteiger charge is 2.68. The highest BCUT2D eigenvalue weighted by atomic mass is 16.6. The summed E-state index contributed by atoms with van der Waals surface area (Å²) in [5.74, 6) is -6.06. The van der Waals surface area contributed by atoms with Gasteiger partial charge in [0.15, 0.2) is 17.0 Å². The van der Waals surface area contributed by atoms with Crippen molar-refractivity contribution < 1.29 is 39.4 Å². The molecule has 0 bridgehead atoms. The highest BCUT2D eigenvalue weighted by Crippen LogP contribution is 2.50. The maximum atomic E-state index is 13.5. The lowest BCUT2D eigenvalue weighted by Crippen LogP contribution is -2.58. The summed E-state index contributed by atoms with van der Waals surface area (Å²) >= 11 is 0. The number of rotatable bonds is 6. The number of anilines is 1. The molecule has 2 saturated heterocycles. The molecule has 2 aliphatic rings. The standard InChI is InChI=1S/C21H19N3O9/c1-33-14-7-10(5-6-13(14)26)17-15-16(21(9-25,22-17)20(29)30)19(28)23(18(15)27)11-3-2-4-12(8-11)24(31)32/h2-8,15-17,22,25-26H,9H2,1H3,(H,29,30). The average Bonchev–Trinajstić information content (AvgIpc) is 3.28. The van der Waals surface area contributed by atoms with E-state index >= 15 is 0 Å². The predicted octanol–water partition coefficient (Wildman–Crippen LogP) is 0.575. The Kier molecular flexibility index (Phi) is 5.26. The second-order valence-electron chi connectivity index (χ2n) is 7.78. The van der Waals surface area contributed by atoms with Crippen LogP contribution in [-0.2, 0) is 14.4 Å². The van der Waals surface area contributed by atoms with Crippen molar-refractivity contribution in [2.75, 3.05) is 18.6 Å². The Morgan fingerprint density at radius 2 is 1.97 bits per heavy atom. The van der Waals surface area contributed by atoms with Gasteiger partial charge in [0, 0.05) is 18.2 Å². The number of imide groups is 1. The zero-order valence-corrected chi connectivity index (χ0v) is 17.2. The number of phenols is 1. The summed E-state index contributed by atoms with van der Waals surface area (Å²) < 4.78 is 5.09. The minimum absolute atomic E-state index is 0.0648. The van der Waals surface area contributed by atoms with Gasteiger partial charge in [-0.25, -0.2) is 4.90 Å². The molecule has 4 unspecified atom stereocenters. The third-order valence-corrected chi connectivity index (χ3v) is 6.15. The van der Waals surface area contributed by atoms with Crippen molar-refractivity contribution in [2.45, 2.75) is 11.6 Å². The fourth-order valence-electron chi connectivity index (χ4n) is 4.59. The quantitative estimate of drug-likeness (QED) is 0.272. The third kappa shape index (κ3) is 3.18. The number of nitrogens with one attached hydrogen (secondary N) is 1. The number of aliphatic carboxylic acids is 1. The Morgan fingerprint density at radius 3 is 2.58 bits per heavy atom. The lowest BCUT2D eigenvalue weighted by atomic mass is 9.79. The monoisotopic (exact) mass is 457 g/mol. The molecule has 0 aliphatic carbocycles. The number of carboxylic acid groups (broad SMARTS) is 1. The first-order chi connectivity index (χ1) is 15.7. The highest BCUT2D eigenvalue weighted by molar-refractivity contribution is 6.24. The zero-order chi connectivity index (χ0) is 24.1. The van der Waals surface area contributed by atoms with Gasteiger partial charge in [0.25, 0.3) is 5.69 Å². The Morgan fingerprint density at radius 1 is 1.24 bits per heavy atom. The molecule has 2 aromatic carbocycles. The Bertz CT molecular complexity index is 1180. The van der Waals surface area contributed by atoms with Crippen molar-refractivity contribution in [3.63, 3.8) is 0 Å². The number of methoxy groups -OCH3 is 1. The number of carbonyl (C=O) groups is 3. The van der Waals surface area contributed by atoms with Crippen LogP contribution in [0.5, 0.6) is 11.5 Å². The topological polar surface area (TPSA) is 180 Å². The van der Waals surface area contributed by atoms with Crippen LogP contribution >= 0.6 is 0 Å². The first-order valence-corrected chi connectivity index (χ1v) is 9.77. The predicted molar refractivity (Wildman–Crippen MR) is 111 cm³/mol. The number of nitro benzene ring substituents is 1. The molecule has 2 heterocycles. The average molecular weight is 457 g/mol. The molecule has 0 saturated carbocycles. The largest absolute Gasteiger partial charge is 0.504 e. The number of hydrogen-bond acceptors (Lipinski definition) is 9. The molecule has 4 atom stereocenters. The van der Waals surface area contributed by atoms with E-state index in [2.05, 4.69) is 5.32 Å². The van der Waals surface area contributed by atoms with E-state index in [4.69, 9.17) is 4.74 Å². The van der Waals surface area contributed by atoms with Gasteiger partial charge in [0.05, 0.1) is 36.2 Å². The SMILES string of the molecule is COc1cc(C2NC(CO)(C(=O)O)C3C(=O)N(c4cccc([N+](=O)[O-])c4)C(=O)C23)ccc1O. The minimum Gasteiger partial charge on any atom is -0.504 e. The first-order valence-electron chi connectivity index (χ1n) is 9.77. The van der Waals surface area contributed by atoms with Crippen LogP contribution in [0.4, 0.5) is 11.4 Å². The first kappa shape index (κ1) is 22.2. The lowest BCUT2D eigenvalue weighted by molar-refractivity contribution is -0.384. The summed E-state index contributed by atoms with van der Waals surface area (Å²) in [5, 5.41) is 43.8. The molecule has 0 radical (unpaired) electrons. The number of carboxylic acids is 1. The molecule has 2 aromatic rings. The third-order valence-electron chi connectivity index (χ3n) is 6.15. The van der Waals surface area contributed by atoms with E-state index in [9.17, 15) is 39.8 Å². The maximum absolute atomic E-state index is 13.5. The second kappa shape index (κ2) is 7.83. The van der Waals surface area contributed by atoms with Crippen molar-refractivity contribution in [3.8, 4) is 11.5 Å². The number of amides is 2. The van der Waals surface area contributed by atoms with Gasteiger partial charge >= 0.3 is 5.97 Å². The summed E-state index contributed by atoms with van der Waals surface area (Å²) in [6, 6.07) is 7.97. The molecule has 2 aliphatic heterocycles. The summed E-state index contributed by atoms with van der Waals surface area (Å²) in [6.07, 6.45) is 0. The molecule has 2 fully saturated rings. The molecule has 12 nitrogen and oxygen atoms in total. The van der Waals surface area contributed by atoms with Crippen LogP contribution < -0.4 is 15.0 Å². The number of aromatic hydroxyl groups is 1. The molecule has 4 N–H and O–H groups in total. The Hall–Kier alpha value is -4.03. The molecule has 0 aromatic heterocycles. The van der Waals surface area contributed by atoms with Gasteiger partial charge in [-0.3, -0.25) is 29.8 Å². The molecule has 0 spiro atoms. The van der Waals surface area contributed by atoms with Crippen molar-refractivity contribution in [1.82, 2.24) is 5.32 Å². The van der Waals surface area contributed by atoms with Crippen LogP contribution in [0.15, 0.2) is 42.5 Å². The van der Waals surface area contributed by atoms with Crippen molar-refractivity contribution in [2.24, 2.45) is 11.8 Å². The van der Waals surface area contributed by atoms with E-state index in [-0.39, 0.29) is 22.9 Å². The molecule has 33 heavy (non-hydrogen) atoms. The van der Waals surface area contributed by atoms with E-state index in [1.807, 2.05) is 0 Å². The van der Waals surface area contributed by atoms with E-state index in [0.717, 1.165) is 11.0 Å². The second-order valence-corrected chi connectivity index (χ2v) is 7.78. The van der Waals surface area contributed by atoms with Crippen LogP contribution in [0, 0.1) is 22.0 Å². The molecular weight excluding hydrogens is 438 g/mol. The van der Waals surface area contributed by atoms with Crippen LogP contribution in [-0.4, -0.2) is 57.3 Å².